The first-order chi connectivity index (χ1) is 11.5. The number of aromatic nitrogens is 2. The zero-order chi connectivity index (χ0) is 17.1. The van der Waals surface area contributed by atoms with Crippen LogP contribution in [0.4, 0.5) is 8.78 Å². The third kappa shape index (κ3) is 3.51. The van der Waals surface area contributed by atoms with E-state index in [9.17, 15) is 8.78 Å². The van der Waals surface area contributed by atoms with Gasteiger partial charge in [0.25, 0.3) is 0 Å². The van der Waals surface area contributed by atoms with Crippen molar-refractivity contribution in [1.29, 1.82) is 0 Å². The Morgan fingerprint density at radius 3 is 2.08 bits per heavy atom. The summed E-state index contributed by atoms with van der Waals surface area (Å²) in [4.78, 5) is 0. The lowest BCUT2D eigenvalue weighted by atomic mass is 10.1. The van der Waals surface area contributed by atoms with E-state index in [1.165, 1.54) is 24.3 Å². The summed E-state index contributed by atoms with van der Waals surface area (Å²) in [5.41, 5.74) is 4.93. The normalized spacial score (nSPS) is 11.0. The molecule has 124 valence electrons. The minimum Gasteiger partial charge on any atom is -0.308 e. The van der Waals surface area contributed by atoms with E-state index in [0.29, 0.717) is 13.1 Å². The van der Waals surface area contributed by atoms with E-state index in [1.54, 1.807) is 24.3 Å². The molecule has 0 aliphatic carbocycles. The molecule has 0 radical (unpaired) electrons. The third-order valence-electron chi connectivity index (χ3n) is 4.06. The fourth-order valence-electron chi connectivity index (χ4n) is 2.70. The van der Waals surface area contributed by atoms with E-state index < -0.39 is 0 Å². The Kier molecular flexibility index (Phi) is 4.71. The van der Waals surface area contributed by atoms with Crippen molar-refractivity contribution in [1.82, 2.24) is 15.1 Å². The number of nitrogens with one attached hydrogen (secondary N) is 1. The van der Waals surface area contributed by atoms with Gasteiger partial charge in [0.1, 0.15) is 11.6 Å². The van der Waals surface area contributed by atoms with E-state index in [-0.39, 0.29) is 11.6 Å². The predicted molar refractivity (Wildman–Crippen MR) is 89.9 cm³/mol. The number of rotatable bonds is 5. The fourth-order valence-corrected chi connectivity index (χ4v) is 2.70. The standard InChI is InChI=1S/C19H19F2N3/c1-13-19(12-22-11-15-3-5-16(20)6-4-15)14(2)24(23-13)18-9-7-17(21)8-10-18/h3-10,22H,11-12H2,1-2H3. The van der Waals surface area contributed by atoms with Crippen molar-refractivity contribution in [2.24, 2.45) is 0 Å². The number of nitrogens with zero attached hydrogens (tertiary/aromatic N) is 2. The van der Waals surface area contributed by atoms with Crippen LogP contribution < -0.4 is 5.32 Å². The van der Waals surface area contributed by atoms with Crippen LogP contribution in [0.1, 0.15) is 22.5 Å². The number of halogens is 2. The molecule has 24 heavy (non-hydrogen) atoms. The molecular weight excluding hydrogens is 308 g/mol. The smallest absolute Gasteiger partial charge is 0.123 e. The van der Waals surface area contributed by atoms with E-state index in [4.69, 9.17) is 0 Å². The largest absolute Gasteiger partial charge is 0.308 e. The number of aryl methyl sites for hydroxylation is 1. The van der Waals surface area contributed by atoms with Gasteiger partial charge >= 0.3 is 0 Å². The molecule has 0 fully saturated rings. The van der Waals surface area contributed by atoms with Crippen molar-refractivity contribution in [3.63, 3.8) is 0 Å². The van der Waals surface area contributed by atoms with Crippen molar-refractivity contribution in [3.05, 3.63) is 82.7 Å². The van der Waals surface area contributed by atoms with Crippen LogP contribution >= 0.6 is 0 Å². The zero-order valence-electron chi connectivity index (χ0n) is 13.7. The molecule has 3 nitrogen and oxygen atoms in total. The highest BCUT2D eigenvalue weighted by atomic mass is 19.1. The highest BCUT2D eigenvalue weighted by Gasteiger charge is 2.12. The Balaban J connectivity index is 1.72. The van der Waals surface area contributed by atoms with Crippen LogP contribution in [0.5, 0.6) is 0 Å². The van der Waals surface area contributed by atoms with E-state index in [1.807, 2.05) is 18.5 Å². The second-order valence-electron chi connectivity index (χ2n) is 5.77. The van der Waals surface area contributed by atoms with Gasteiger partial charge in [-0.15, -0.1) is 0 Å². The maximum Gasteiger partial charge on any atom is 0.123 e. The molecule has 0 aliphatic rings. The SMILES string of the molecule is Cc1nn(-c2ccc(F)cc2)c(C)c1CNCc1ccc(F)cc1. The molecule has 0 spiro atoms. The van der Waals surface area contributed by atoms with Gasteiger partial charge in [-0.3, -0.25) is 0 Å². The van der Waals surface area contributed by atoms with E-state index in [2.05, 4.69) is 10.4 Å². The van der Waals surface area contributed by atoms with Crippen LogP contribution in [0.15, 0.2) is 48.5 Å². The molecule has 5 heteroatoms. The summed E-state index contributed by atoms with van der Waals surface area (Å²) in [7, 11) is 0. The molecule has 0 saturated heterocycles. The summed E-state index contributed by atoms with van der Waals surface area (Å²) in [5.74, 6) is -0.493. The van der Waals surface area contributed by atoms with Crippen molar-refractivity contribution in [3.8, 4) is 5.69 Å². The average Bonchev–Trinajstić information content (AvgIpc) is 2.85. The van der Waals surface area contributed by atoms with E-state index in [0.717, 1.165) is 28.2 Å². The molecule has 1 N–H and O–H groups in total. The molecule has 0 unspecified atom stereocenters. The lowest BCUT2D eigenvalue weighted by Crippen LogP contribution is -2.14. The highest BCUT2D eigenvalue weighted by Crippen LogP contribution is 2.18. The van der Waals surface area contributed by atoms with Gasteiger partial charge in [-0.2, -0.15) is 5.10 Å². The number of benzene rings is 2. The summed E-state index contributed by atoms with van der Waals surface area (Å²) >= 11 is 0. The quantitative estimate of drug-likeness (QED) is 0.766. The Morgan fingerprint density at radius 2 is 1.46 bits per heavy atom. The predicted octanol–water partition coefficient (Wildman–Crippen LogP) is 4.06. The highest BCUT2D eigenvalue weighted by molar-refractivity contribution is 5.37. The van der Waals surface area contributed by atoms with Crippen LogP contribution in [0.3, 0.4) is 0 Å². The van der Waals surface area contributed by atoms with Gasteiger partial charge in [-0.1, -0.05) is 12.1 Å². The third-order valence-corrected chi connectivity index (χ3v) is 4.06. The van der Waals surface area contributed by atoms with Gasteiger partial charge in [0.15, 0.2) is 0 Å². The van der Waals surface area contributed by atoms with Gasteiger partial charge in [0.2, 0.25) is 0 Å². The summed E-state index contributed by atoms with van der Waals surface area (Å²) in [6.45, 7) is 5.28. The minimum absolute atomic E-state index is 0.231. The monoisotopic (exact) mass is 327 g/mol. The van der Waals surface area contributed by atoms with Crippen LogP contribution in [0, 0.1) is 25.5 Å². The van der Waals surface area contributed by atoms with Gasteiger partial charge in [0.05, 0.1) is 11.4 Å². The summed E-state index contributed by atoms with van der Waals surface area (Å²) in [5, 5.41) is 7.91. The number of hydrogen-bond donors (Lipinski definition) is 1. The molecule has 0 amide bonds. The van der Waals surface area contributed by atoms with Crippen LogP contribution in [-0.2, 0) is 13.1 Å². The molecule has 3 rings (SSSR count). The molecule has 0 saturated carbocycles. The van der Waals surface area contributed by atoms with Gasteiger partial charge in [-0.05, 0) is 55.8 Å². The van der Waals surface area contributed by atoms with E-state index >= 15 is 0 Å². The first-order valence-corrected chi connectivity index (χ1v) is 7.81. The Morgan fingerprint density at radius 1 is 0.875 bits per heavy atom. The lowest BCUT2D eigenvalue weighted by molar-refractivity contribution is 0.624. The van der Waals surface area contributed by atoms with Gasteiger partial charge < -0.3 is 5.32 Å². The minimum atomic E-state index is -0.263. The molecule has 1 aromatic heterocycles. The Hall–Kier alpha value is -2.53. The van der Waals surface area contributed by atoms with Gasteiger partial charge in [-0.25, -0.2) is 13.5 Å². The van der Waals surface area contributed by atoms with Crippen LogP contribution in [0.25, 0.3) is 5.69 Å². The summed E-state index contributed by atoms with van der Waals surface area (Å²) < 4.78 is 27.8. The Labute approximate surface area is 139 Å². The number of hydrogen-bond acceptors (Lipinski definition) is 2. The van der Waals surface area contributed by atoms with Crippen molar-refractivity contribution < 1.29 is 8.78 Å². The molecular formula is C19H19F2N3. The molecule has 3 aromatic rings. The maximum absolute atomic E-state index is 13.1. The molecule has 0 atom stereocenters. The van der Waals surface area contributed by atoms with Gasteiger partial charge in [0, 0.05) is 24.3 Å². The Bertz CT molecular complexity index is 821. The molecule has 2 aromatic carbocycles. The van der Waals surface area contributed by atoms with Crippen LogP contribution in [-0.4, -0.2) is 9.78 Å². The summed E-state index contributed by atoms with van der Waals surface area (Å²) in [6.07, 6.45) is 0. The first-order valence-electron chi connectivity index (χ1n) is 7.81. The van der Waals surface area contributed by atoms with Crippen molar-refractivity contribution in [2.45, 2.75) is 26.9 Å². The second-order valence-corrected chi connectivity index (χ2v) is 5.77. The average molecular weight is 327 g/mol. The fraction of sp³-hybridized carbons (Fsp3) is 0.211. The first kappa shape index (κ1) is 16.3. The summed E-state index contributed by atoms with van der Waals surface area (Å²) in [6, 6.07) is 12.7. The molecule has 0 aliphatic heterocycles. The maximum atomic E-state index is 13.1. The van der Waals surface area contributed by atoms with Crippen molar-refractivity contribution >= 4 is 0 Å². The lowest BCUT2D eigenvalue weighted by Gasteiger charge is -2.07. The van der Waals surface area contributed by atoms with Crippen LogP contribution in [0.2, 0.25) is 0 Å². The second kappa shape index (κ2) is 6.93. The molecule has 0 bridgehead atoms. The van der Waals surface area contributed by atoms with Crippen molar-refractivity contribution in [2.75, 3.05) is 0 Å². The molecule has 1 heterocycles. The zero-order valence-corrected chi connectivity index (χ0v) is 13.7. The topological polar surface area (TPSA) is 29.9 Å².